The second-order valence-electron chi connectivity index (χ2n) is 8.33. The number of piperidine rings is 1. The van der Waals surface area contributed by atoms with Crippen LogP contribution in [-0.4, -0.2) is 71.7 Å². The largest absolute Gasteiger partial charge is 0.573 e. The van der Waals surface area contributed by atoms with Crippen LogP contribution in [0.4, 0.5) is 18.0 Å². The first kappa shape index (κ1) is 23.3. The Bertz CT molecular complexity index is 928. The molecule has 2 atom stereocenters. The maximum atomic E-state index is 13.2. The molecule has 0 N–H and O–H groups in total. The summed E-state index contributed by atoms with van der Waals surface area (Å²) in [7, 11) is 0. The van der Waals surface area contributed by atoms with E-state index in [2.05, 4.69) is 14.9 Å². The van der Waals surface area contributed by atoms with Gasteiger partial charge >= 0.3 is 12.4 Å². The molecule has 4 rings (SSSR count). The number of aromatic nitrogens is 2. The van der Waals surface area contributed by atoms with Crippen molar-refractivity contribution in [1.29, 1.82) is 0 Å². The highest BCUT2D eigenvalue weighted by molar-refractivity contribution is 5.75. The lowest BCUT2D eigenvalue weighted by Gasteiger charge is -2.40. The summed E-state index contributed by atoms with van der Waals surface area (Å²) in [5, 5.41) is 4.04. The number of halogens is 3. The van der Waals surface area contributed by atoms with Crippen molar-refractivity contribution >= 4 is 6.03 Å². The number of urea groups is 1. The lowest BCUT2D eigenvalue weighted by molar-refractivity contribution is -0.274. The van der Waals surface area contributed by atoms with Gasteiger partial charge in [0.15, 0.2) is 5.82 Å². The SMILES string of the molecule is CCCc1noc(C2CC(c3ccc(OC(F)(F)F)cc3)CN(C(=O)N3CCOCC3)C2)n1. The molecule has 33 heavy (non-hydrogen) atoms. The summed E-state index contributed by atoms with van der Waals surface area (Å²) < 4.78 is 52.4. The van der Waals surface area contributed by atoms with Crippen molar-refractivity contribution in [2.75, 3.05) is 39.4 Å². The number of likely N-dealkylation sites (tertiary alicyclic amines) is 1. The Labute approximate surface area is 189 Å². The van der Waals surface area contributed by atoms with E-state index in [4.69, 9.17) is 9.26 Å². The minimum Gasteiger partial charge on any atom is -0.406 e. The molecule has 0 saturated carbocycles. The van der Waals surface area contributed by atoms with Gasteiger partial charge in [-0.05, 0) is 30.5 Å². The van der Waals surface area contributed by atoms with Crippen molar-refractivity contribution < 1.29 is 32.0 Å². The quantitative estimate of drug-likeness (QED) is 0.661. The van der Waals surface area contributed by atoms with E-state index in [0.29, 0.717) is 63.9 Å². The summed E-state index contributed by atoms with van der Waals surface area (Å²) in [4.78, 5) is 21.3. The van der Waals surface area contributed by atoms with Crippen molar-refractivity contribution in [2.24, 2.45) is 0 Å². The van der Waals surface area contributed by atoms with Crippen LogP contribution in [0.5, 0.6) is 5.75 Å². The van der Waals surface area contributed by atoms with Gasteiger partial charge in [-0.2, -0.15) is 4.98 Å². The number of carbonyl (C=O) groups excluding carboxylic acids is 1. The molecule has 0 aliphatic carbocycles. The van der Waals surface area contributed by atoms with E-state index >= 15 is 0 Å². The van der Waals surface area contributed by atoms with Gasteiger partial charge in [-0.15, -0.1) is 13.2 Å². The number of morpholine rings is 1. The maximum Gasteiger partial charge on any atom is 0.573 e. The molecule has 0 bridgehead atoms. The first-order chi connectivity index (χ1) is 15.8. The van der Waals surface area contributed by atoms with E-state index in [1.165, 1.54) is 12.1 Å². The first-order valence-electron chi connectivity index (χ1n) is 11.1. The summed E-state index contributed by atoms with van der Waals surface area (Å²) in [5.74, 6) is 0.573. The molecule has 2 amide bonds. The third-order valence-corrected chi connectivity index (χ3v) is 5.89. The van der Waals surface area contributed by atoms with E-state index < -0.39 is 6.36 Å². The fraction of sp³-hybridized carbons (Fsp3) is 0.591. The van der Waals surface area contributed by atoms with E-state index in [1.807, 2.05) is 6.92 Å². The summed E-state index contributed by atoms with van der Waals surface area (Å²) >= 11 is 0. The zero-order chi connectivity index (χ0) is 23.4. The van der Waals surface area contributed by atoms with Crippen LogP contribution in [0.3, 0.4) is 0 Å². The zero-order valence-electron chi connectivity index (χ0n) is 18.4. The topological polar surface area (TPSA) is 80.9 Å². The Morgan fingerprint density at radius 1 is 1.12 bits per heavy atom. The number of aryl methyl sites for hydroxylation is 1. The normalized spacial score (nSPS) is 21.8. The molecule has 2 aromatic rings. The highest BCUT2D eigenvalue weighted by Gasteiger charge is 2.37. The van der Waals surface area contributed by atoms with Gasteiger partial charge in [0, 0.05) is 38.5 Å². The minimum absolute atomic E-state index is 0.0849. The Balaban J connectivity index is 1.55. The molecule has 0 radical (unpaired) electrons. The molecule has 11 heteroatoms. The van der Waals surface area contributed by atoms with Gasteiger partial charge in [0.05, 0.1) is 19.1 Å². The molecule has 1 aromatic carbocycles. The molecule has 2 aliphatic heterocycles. The van der Waals surface area contributed by atoms with E-state index in [9.17, 15) is 18.0 Å². The van der Waals surface area contributed by atoms with Gasteiger partial charge in [-0.1, -0.05) is 24.2 Å². The molecule has 0 spiro atoms. The predicted octanol–water partition coefficient (Wildman–Crippen LogP) is 3.95. The Hall–Kier alpha value is -2.82. The highest BCUT2D eigenvalue weighted by atomic mass is 19.4. The Morgan fingerprint density at radius 2 is 1.82 bits per heavy atom. The molecule has 8 nitrogen and oxygen atoms in total. The van der Waals surface area contributed by atoms with Crippen LogP contribution in [0.1, 0.15) is 48.9 Å². The number of carbonyl (C=O) groups is 1. The van der Waals surface area contributed by atoms with E-state index in [1.54, 1.807) is 21.9 Å². The van der Waals surface area contributed by atoms with Crippen molar-refractivity contribution in [2.45, 2.75) is 44.4 Å². The molecular weight excluding hydrogens is 441 g/mol. The van der Waals surface area contributed by atoms with Crippen LogP contribution < -0.4 is 4.74 Å². The van der Waals surface area contributed by atoms with Gasteiger partial charge in [0.25, 0.3) is 0 Å². The third-order valence-electron chi connectivity index (χ3n) is 5.89. The van der Waals surface area contributed by atoms with Crippen molar-refractivity contribution in [3.63, 3.8) is 0 Å². The molecule has 2 aliphatic rings. The van der Waals surface area contributed by atoms with Gasteiger partial charge in [-0.25, -0.2) is 4.79 Å². The molecule has 2 saturated heterocycles. The predicted molar refractivity (Wildman–Crippen MR) is 111 cm³/mol. The van der Waals surface area contributed by atoms with Gasteiger partial charge in [0.2, 0.25) is 5.89 Å². The summed E-state index contributed by atoms with van der Waals surface area (Å²) in [6, 6.07) is 5.74. The molecular formula is C22H27F3N4O4. The number of benzene rings is 1. The number of ether oxygens (including phenoxy) is 2. The van der Waals surface area contributed by atoms with E-state index in [0.717, 1.165) is 12.0 Å². The fourth-order valence-electron chi connectivity index (χ4n) is 4.33. The number of amides is 2. The minimum atomic E-state index is -4.74. The van der Waals surface area contributed by atoms with Crippen LogP contribution >= 0.6 is 0 Å². The lowest BCUT2D eigenvalue weighted by Crippen LogP contribution is -2.52. The molecule has 1 aromatic heterocycles. The summed E-state index contributed by atoms with van der Waals surface area (Å²) in [6.07, 6.45) is -2.51. The third kappa shape index (κ3) is 5.95. The highest BCUT2D eigenvalue weighted by Crippen LogP contribution is 2.36. The molecule has 2 fully saturated rings. The first-order valence-corrected chi connectivity index (χ1v) is 11.1. The number of alkyl halides is 3. The fourth-order valence-corrected chi connectivity index (χ4v) is 4.33. The number of rotatable bonds is 5. The average Bonchev–Trinajstić information content (AvgIpc) is 3.27. The number of hydrogen-bond donors (Lipinski definition) is 0. The molecule has 3 heterocycles. The van der Waals surface area contributed by atoms with E-state index in [-0.39, 0.29) is 23.6 Å². The van der Waals surface area contributed by atoms with Gasteiger partial charge in [0.1, 0.15) is 5.75 Å². The monoisotopic (exact) mass is 468 g/mol. The second kappa shape index (κ2) is 9.98. The number of hydrogen-bond acceptors (Lipinski definition) is 6. The average molecular weight is 468 g/mol. The second-order valence-corrected chi connectivity index (χ2v) is 8.33. The lowest BCUT2D eigenvalue weighted by atomic mass is 9.84. The zero-order valence-corrected chi connectivity index (χ0v) is 18.4. The molecule has 2 unspecified atom stereocenters. The van der Waals surface area contributed by atoms with Crippen LogP contribution in [0.2, 0.25) is 0 Å². The van der Waals surface area contributed by atoms with Gasteiger partial charge < -0.3 is 23.8 Å². The Morgan fingerprint density at radius 3 is 2.48 bits per heavy atom. The molecule has 180 valence electrons. The number of nitrogens with zero attached hydrogens (tertiary/aromatic N) is 4. The smallest absolute Gasteiger partial charge is 0.406 e. The summed E-state index contributed by atoms with van der Waals surface area (Å²) in [5.41, 5.74) is 0.822. The van der Waals surface area contributed by atoms with Crippen LogP contribution in [0.25, 0.3) is 0 Å². The van der Waals surface area contributed by atoms with Crippen LogP contribution in [0, 0.1) is 0 Å². The van der Waals surface area contributed by atoms with Crippen molar-refractivity contribution in [3.8, 4) is 5.75 Å². The van der Waals surface area contributed by atoms with Gasteiger partial charge in [-0.3, -0.25) is 0 Å². The van der Waals surface area contributed by atoms with Crippen molar-refractivity contribution in [1.82, 2.24) is 19.9 Å². The van der Waals surface area contributed by atoms with Crippen LogP contribution in [-0.2, 0) is 11.2 Å². The summed E-state index contributed by atoms with van der Waals surface area (Å²) in [6.45, 7) is 4.96. The Kier molecular flexibility index (Phi) is 7.06. The van der Waals surface area contributed by atoms with Crippen LogP contribution in [0.15, 0.2) is 28.8 Å². The maximum absolute atomic E-state index is 13.2. The standard InChI is InChI=1S/C22H27F3N4O4/c1-2-3-19-26-20(33-27-19)17-12-16(15-4-6-18(7-5-15)32-22(23,24)25)13-29(14-17)21(30)28-8-10-31-11-9-28/h4-7,16-17H,2-3,8-14H2,1H3. The van der Waals surface area contributed by atoms with Crippen molar-refractivity contribution in [3.05, 3.63) is 41.5 Å².